The number of nitrogens with zero attached hydrogens (tertiary/aromatic N) is 2. The van der Waals surface area contributed by atoms with Crippen molar-refractivity contribution >= 4 is 5.91 Å². The Morgan fingerprint density at radius 2 is 2.17 bits per heavy atom. The van der Waals surface area contributed by atoms with Gasteiger partial charge in [0.15, 0.2) is 0 Å². The summed E-state index contributed by atoms with van der Waals surface area (Å²) in [4.78, 5) is 18.3. The molecule has 0 spiro atoms. The summed E-state index contributed by atoms with van der Waals surface area (Å²) in [6.07, 6.45) is 6.05. The summed E-state index contributed by atoms with van der Waals surface area (Å²) in [5.41, 5.74) is 6.66. The zero-order chi connectivity index (χ0) is 13.2. The molecule has 4 heteroatoms. The van der Waals surface area contributed by atoms with Gasteiger partial charge in [0.05, 0.1) is 6.04 Å². The second-order valence-corrected chi connectivity index (χ2v) is 5.69. The van der Waals surface area contributed by atoms with Crippen LogP contribution >= 0.6 is 0 Å². The first kappa shape index (κ1) is 13.0. The van der Waals surface area contributed by atoms with E-state index in [9.17, 15) is 4.79 Å². The van der Waals surface area contributed by atoms with Gasteiger partial charge in [-0.2, -0.15) is 0 Å². The summed E-state index contributed by atoms with van der Waals surface area (Å²) in [5.74, 6) is 0.154. The molecule has 4 nitrogen and oxygen atoms in total. The largest absolute Gasteiger partial charge is 0.336 e. The van der Waals surface area contributed by atoms with Gasteiger partial charge in [-0.25, -0.2) is 0 Å². The number of aromatic nitrogens is 1. The molecule has 1 aliphatic heterocycles. The molecule has 0 radical (unpaired) electrons. The average Bonchev–Trinajstić information content (AvgIpc) is 2.76. The number of carbonyl (C=O) groups excluding carboxylic acids is 1. The lowest BCUT2D eigenvalue weighted by atomic mass is 10.0. The Hall–Kier alpha value is -1.42. The van der Waals surface area contributed by atoms with Gasteiger partial charge in [0, 0.05) is 30.9 Å². The molecule has 98 valence electrons. The summed E-state index contributed by atoms with van der Waals surface area (Å²) in [6.45, 7) is 4.62. The highest BCUT2D eigenvalue weighted by Crippen LogP contribution is 2.32. The molecule has 2 rings (SSSR count). The maximum atomic E-state index is 12.3. The van der Waals surface area contributed by atoms with Crippen LogP contribution in [0.1, 0.15) is 44.7 Å². The second kappa shape index (κ2) is 5.06. The van der Waals surface area contributed by atoms with Gasteiger partial charge in [0.2, 0.25) is 5.91 Å². The van der Waals surface area contributed by atoms with Gasteiger partial charge in [-0.3, -0.25) is 9.78 Å². The lowest BCUT2D eigenvalue weighted by Gasteiger charge is -2.28. The van der Waals surface area contributed by atoms with Crippen molar-refractivity contribution in [2.45, 2.75) is 44.7 Å². The first-order valence-corrected chi connectivity index (χ1v) is 6.46. The highest BCUT2D eigenvalue weighted by atomic mass is 16.2. The number of pyridine rings is 1. The van der Waals surface area contributed by atoms with Crippen LogP contribution in [0, 0.1) is 0 Å². The molecular formula is C14H21N3O. The SMILES string of the molecule is CC(C)(N)CC(=O)N1CCCC1c1ccncc1. The van der Waals surface area contributed by atoms with E-state index in [0.29, 0.717) is 6.42 Å². The van der Waals surface area contributed by atoms with Crippen LogP contribution in [0.15, 0.2) is 24.5 Å². The van der Waals surface area contributed by atoms with Crippen molar-refractivity contribution in [2.75, 3.05) is 6.54 Å². The number of hydrogen-bond acceptors (Lipinski definition) is 3. The van der Waals surface area contributed by atoms with Crippen molar-refractivity contribution in [2.24, 2.45) is 5.73 Å². The molecule has 1 saturated heterocycles. The quantitative estimate of drug-likeness (QED) is 0.887. The molecule has 1 aromatic heterocycles. The molecule has 0 bridgehead atoms. The van der Waals surface area contributed by atoms with E-state index in [2.05, 4.69) is 4.98 Å². The fourth-order valence-electron chi connectivity index (χ4n) is 2.49. The molecule has 0 aliphatic carbocycles. The maximum absolute atomic E-state index is 12.3. The second-order valence-electron chi connectivity index (χ2n) is 5.69. The highest BCUT2D eigenvalue weighted by Gasteiger charge is 2.31. The van der Waals surface area contributed by atoms with Crippen molar-refractivity contribution in [3.8, 4) is 0 Å². The summed E-state index contributed by atoms with van der Waals surface area (Å²) in [7, 11) is 0. The van der Waals surface area contributed by atoms with Gasteiger partial charge in [0.25, 0.3) is 0 Å². The molecule has 1 unspecified atom stereocenters. The predicted molar refractivity (Wildman–Crippen MR) is 70.8 cm³/mol. The minimum absolute atomic E-state index is 0.154. The van der Waals surface area contributed by atoms with Gasteiger partial charge in [-0.05, 0) is 44.4 Å². The third kappa shape index (κ3) is 3.07. The van der Waals surface area contributed by atoms with E-state index in [1.807, 2.05) is 30.9 Å². The van der Waals surface area contributed by atoms with Crippen LogP contribution < -0.4 is 5.73 Å². The molecule has 2 heterocycles. The molecule has 0 aromatic carbocycles. The maximum Gasteiger partial charge on any atom is 0.224 e. The lowest BCUT2D eigenvalue weighted by Crippen LogP contribution is -2.41. The minimum Gasteiger partial charge on any atom is -0.336 e. The van der Waals surface area contributed by atoms with E-state index in [1.165, 1.54) is 5.56 Å². The summed E-state index contributed by atoms with van der Waals surface area (Å²) < 4.78 is 0. The standard InChI is InChI=1S/C14H21N3O/c1-14(2,15)10-13(18)17-9-3-4-12(17)11-5-7-16-8-6-11/h5-8,12H,3-4,9-10,15H2,1-2H3. The Bertz CT molecular complexity index is 411. The molecule has 2 N–H and O–H groups in total. The van der Waals surface area contributed by atoms with E-state index in [-0.39, 0.29) is 11.9 Å². The van der Waals surface area contributed by atoms with Crippen LogP contribution in [-0.2, 0) is 4.79 Å². The van der Waals surface area contributed by atoms with Crippen LogP contribution in [0.4, 0.5) is 0 Å². The smallest absolute Gasteiger partial charge is 0.224 e. The number of rotatable bonds is 3. The van der Waals surface area contributed by atoms with E-state index < -0.39 is 5.54 Å². The summed E-state index contributed by atoms with van der Waals surface area (Å²) in [5, 5.41) is 0. The summed E-state index contributed by atoms with van der Waals surface area (Å²) >= 11 is 0. The van der Waals surface area contributed by atoms with Crippen LogP contribution in [-0.4, -0.2) is 27.9 Å². The van der Waals surface area contributed by atoms with Crippen LogP contribution in [0.2, 0.25) is 0 Å². The fraction of sp³-hybridized carbons (Fsp3) is 0.571. The van der Waals surface area contributed by atoms with Crippen LogP contribution in [0.25, 0.3) is 0 Å². The predicted octanol–water partition coefficient (Wildman–Crippen LogP) is 1.87. The first-order valence-electron chi connectivity index (χ1n) is 6.46. The van der Waals surface area contributed by atoms with E-state index in [4.69, 9.17) is 5.73 Å². The Morgan fingerprint density at radius 3 is 2.78 bits per heavy atom. The van der Waals surface area contributed by atoms with Crippen LogP contribution in [0.3, 0.4) is 0 Å². The number of hydrogen-bond donors (Lipinski definition) is 1. The zero-order valence-electron chi connectivity index (χ0n) is 11.1. The number of carbonyl (C=O) groups is 1. The number of nitrogens with two attached hydrogens (primary N) is 1. The molecule has 0 saturated carbocycles. The Labute approximate surface area is 108 Å². The minimum atomic E-state index is -0.442. The Balaban J connectivity index is 2.11. The van der Waals surface area contributed by atoms with Crippen molar-refractivity contribution in [1.29, 1.82) is 0 Å². The first-order chi connectivity index (χ1) is 8.47. The lowest BCUT2D eigenvalue weighted by molar-refractivity contribution is -0.133. The molecule has 1 amide bonds. The van der Waals surface area contributed by atoms with Gasteiger partial charge in [0.1, 0.15) is 0 Å². The topological polar surface area (TPSA) is 59.2 Å². The molecule has 1 aliphatic rings. The van der Waals surface area contributed by atoms with Gasteiger partial charge in [-0.1, -0.05) is 0 Å². The highest BCUT2D eigenvalue weighted by molar-refractivity contribution is 5.78. The average molecular weight is 247 g/mol. The molecule has 1 atom stereocenters. The van der Waals surface area contributed by atoms with E-state index in [1.54, 1.807) is 12.4 Å². The monoisotopic (exact) mass is 247 g/mol. The van der Waals surface area contributed by atoms with Gasteiger partial charge in [-0.15, -0.1) is 0 Å². The third-order valence-electron chi connectivity index (χ3n) is 3.27. The third-order valence-corrected chi connectivity index (χ3v) is 3.27. The van der Waals surface area contributed by atoms with Gasteiger partial charge >= 0.3 is 0 Å². The van der Waals surface area contributed by atoms with Crippen molar-refractivity contribution in [3.05, 3.63) is 30.1 Å². The van der Waals surface area contributed by atoms with Crippen molar-refractivity contribution in [3.63, 3.8) is 0 Å². The Kier molecular flexibility index (Phi) is 3.66. The molecule has 1 aromatic rings. The van der Waals surface area contributed by atoms with Crippen molar-refractivity contribution < 1.29 is 4.79 Å². The van der Waals surface area contributed by atoms with E-state index in [0.717, 1.165) is 19.4 Å². The summed E-state index contributed by atoms with van der Waals surface area (Å²) in [6, 6.07) is 4.18. The molecular weight excluding hydrogens is 226 g/mol. The number of likely N-dealkylation sites (tertiary alicyclic amines) is 1. The van der Waals surface area contributed by atoms with Crippen LogP contribution in [0.5, 0.6) is 0 Å². The Morgan fingerprint density at radius 1 is 1.50 bits per heavy atom. The fourth-order valence-corrected chi connectivity index (χ4v) is 2.49. The zero-order valence-corrected chi connectivity index (χ0v) is 11.1. The van der Waals surface area contributed by atoms with Crippen molar-refractivity contribution in [1.82, 2.24) is 9.88 Å². The van der Waals surface area contributed by atoms with E-state index >= 15 is 0 Å². The molecule has 18 heavy (non-hydrogen) atoms. The molecule has 1 fully saturated rings. The van der Waals surface area contributed by atoms with Gasteiger partial charge < -0.3 is 10.6 Å². The normalized spacial score (nSPS) is 20.2. The number of amides is 1.